The molecule has 0 saturated carbocycles. The van der Waals surface area contributed by atoms with Crippen LogP contribution in [-0.2, 0) is 4.74 Å². The first-order valence-corrected chi connectivity index (χ1v) is 6.93. The lowest BCUT2D eigenvalue weighted by molar-refractivity contribution is -0.385. The number of aromatic nitrogens is 2. The Morgan fingerprint density at radius 1 is 1.52 bits per heavy atom. The fourth-order valence-corrected chi connectivity index (χ4v) is 2.28. The highest BCUT2D eigenvalue weighted by molar-refractivity contribution is 5.68. The average molecular weight is 296 g/mol. The Bertz CT molecular complexity index is 535. The molecule has 1 amide bonds. The second kappa shape index (κ2) is 5.71. The maximum absolute atomic E-state index is 12.1. The van der Waals surface area contributed by atoms with Crippen LogP contribution >= 0.6 is 0 Å². The maximum atomic E-state index is 12.1. The van der Waals surface area contributed by atoms with E-state index in [1.807, 2.05) is 20.8 Å². The van der Waals surface area contributed by atoms with Crippen LogP contribution in [0.15, 0.2) is 12.4 Å². The molecule has 0 aliphatic carbocycles. The zero-order valence-electron chi connectivity index (χ0n) is 12.5. The topological polar surface area (TPSA) is 90.5 Å². The Balaban J connectivity index is 2.03. The monoisotopic (exact) mass is 296 g/mol. The molecule has 1 saturated heterocycles. The van der Waals surface area contributed by atoms with Crippen molar-refractivity contribution in [1.29, 1.82) is 0 Å². The second-order valence-electron chi connectivity index (χ2n) is 6.16. The van der Waals surface area contributed by atoms with Gasteiger partial charge in [-0.3, -0.25) is 14.8 Å². The van der Waals surface area contributed by atoms with E-state index in [2.05, 4.69) is 5.10 Å². The summed E-state index contributed by atoms with van der Waals surface area (Å²) in [5.74, 6) is 0. The molecule has 1 atom stereocenters. The normalized spacial score (nSPS) is 19.4. The highest BCUT2D eigenvalue weighted by Gasteiger charge is 2.29. The largest absolute Gasteiger partial charge is 0.444 e. The highest BCUT2D eigenvalue weighted by atomic mass is 16.6. The molecule has 0 radical (unpaired) electrons. The van der Waals surface area contributed by atoms with Crippen LogP contribution < -0.4 is 0 Å². The van der Waals surface area contributed by atoms with Crippen LogP contribution in [0.2, 0.25) is 0 Å². The van der Waals surface area contributed by atoms with E-state index >= 15 is 0 Å². The molecule has 0 N–H and O–H groups in total. The van der Waals surface area contributed by atoms with Crippen molar-refractivity contribution in [2.45, 2.75) is 45.3 Å². The lowest BCUT2D eigenvalue weighted by Crippen LogP contribution is -2.43. The van der Waals surface area contributed by atoms with Gasteiger partial charge in [0.25, 0.3) is 0 Å². The van der Waals surface area contributed by atoms with Crippen molar-refractivity contribution < 1.29 is 14.5 Å². The molecule has 2 heterocycles. The molecule has 1 aromatic heterocycles. The Kier molecular flexibility index (Phi) is 4.15. The molecule has 1 aliphatic heterocycles. The number of ether oxygens (including phenoxy) is 1. The van der Waals surface area contributed by atoms with Crippen molar-refractivity contribution in [2.75, 3.05) is 13.1 Å². The van der Waals surface area contributed by atoms with Crippen LogP contribution in [0.3, 0.4) is 0 Å². The highest BCUT2D eigenvalue weighted by Crippen LogP contribution is 2.24. The van der Waals surface area contributed by atoms with Gasteiger partial charge >= 0.3 is 11.8 Å². The lowest BCUT2D eigenvalue weighted by Gasteiger charge is -2.34. The van der Waals surface area contributed by atoms with Crippen molar-refractivity contribution in [3.8, 4) is 0 Å². The van der Waals surface area contributed by atoms with E-state index in [9.17, 15) is 14.9 Å². The smallest absolute Gasteiger partial charge is 0.410 e. The predicted molar refractivity (Wildman–Crippen MR) is 75.0 cm³/mol. The summed E-state index contributed by atoms with van der Waals surface area (Å²) in [6.07, 6.45) is 3.93. The Morgan fingerprint density at radius 2 is 2.24 bits per heavy atom. The van der Waals surface area contributed by atoms with E-state index in [0.29, 0.717) is 13.1 Å². The number of hydrogen-bond acceptors (Lipinski definition) is 5. The molecule has 1 fully saturated rings. The van der Waals surface area contributed by atoms with Crippen molar-refractivity contribution >= 4 is 11.8 Å². The van der Waals surface area contributed by atoms with Gasteiger partial charge in [-0.2, -0.15) is 5.10 Å². The summed E-state index contributed by atoms with van der Waals surface area (Å²) in [7, 11) is 0. The van der Waals surface area contributed by atoms with Crippen molar-refractivity contribution in [2.24, 2.45) is 0 Å². The van der Waals surface area contributed by atoms with E-state index in [1.54, 1.807) is 9.58 Å². The van der Waals surface area contributed by atoms with Gasteiger partial charge in [0, 0.05) is 13.1 Å². The van der Waals surface area contributed by atoms with Gasteiger partial charge in [0.1, 0.15) is 18.0 Å². The fraction of sp³-hybridized carbons (Fsp3) is 0.692. The van der Waals surface area contributed by atoms with E-state index in [1.165, 1.54) is 12.4 Å². The molecule has 0 aromatic carbocycles. The summed E-state index contributed by atoms with van der Waals surface area (Å²) < 4.78 is 6.92. The Labute approximate surface area is 122 Å². The van der Waals surface area contributed by atoms with Crippen molar-refractivity contribution in [1.82, 2.24) is 14.7 Å². The summed E-state index contributed by atoms with van der Waals surface area (Å²) in [5, 5.41) is 14.7. The summed E-state index contributed by atoms with van der Waals surface area (Å²) in [4.78, 5) is 23.9. The summed E-state index contributed by atoms with van der Waals surface area (Å²) in [5.41, 5.74) is -0.571. The van der Waals surface area contributed by atoms with Crippen molar-refractivity contribution in [3.05, 3.63) is 22.5 Å². The van der Waals surface area contributed by atoms with Crippen LogP contribution in [0.4, 0.5) is 10.5 Å². The number of nitro groups is 1. The molecule has 1 unspecified atom stereocenters. The molecule has 8 heteroatoms. The molecule has 8 nitrogen and oxygen atoms in total. The average Bonchev–Trinajstić information content (AvgIpc) is 2.86. The van der Waals surface area contributed by atoms with Gasteiger partial charge in [0.2, 0.25) is 0 Å². The molecule has 0 spiro atoms. The van der Waals surface area contributed by atoms with E-state index in [-0.39, 0.29) is 17.8 Å². The van der Waals surface area contributed by atoms with Crippen LogP contribution in [0.5, 0.6) is 0 Å². The molecule has 21 heavy (non-hydrogen) atoms. The number of piperidine rings is 1. The van der Waals surface area contributed by atoms with E-state index in [4.69, 9.17) is 4.74 Å². The van der Waals surface area contributed by atoms with E-state index < -0.39 is 10.5 Å². The lowest BCUT2D eigenvalue weighted by atomic mass is 10.1. The molecule has 1 aliphatic rings. The van der Waals surface area contributed by atoms with Crippen LogP contribution in [-0.4, -0.2) is 44.4 Å². The first-order chi connectivity index (χ1) is 9.76. The third-order valence-corrected chi connectivity index (χ3v) is 3.22. The Hall–Kier alpha value is -2.12. The third kappa shape index (κ3) is 3.93. The number of nitrogens with zero attached hydrogens (tertiary/aromatic N) is 4. The minimum Gasteiger partial charge on any atom is -0.444 e. The summed E-state index contributed by atoms with van der Waals surface area (Å²) in [6, 6.07) is -0.0556. The first kappa shape index (κ1) is 15.3. The predicted octanol–water partition coefficient (Wildman–Crippen LogP) is 2.36. The number of hydrogen-bond donors (Lipinski definition) is 0. The second-order valence-corrected chi connectivity index (χ2v) is 6.16. The summed E-state index contributed by atoms with van der Waals surface area (Å²) >= 11 is 0. The minimum atomic E-state index is -0.533. The number of carbonyl (C=O) groups excluding carboxylic acids is 1. The molecular formula is C13H20N4O4. The molecule has 1 aromatic rings. The summed E-state index contributed by atoms with van der Waals surface area (Å²) in [6.45, 7) is 6.55. The number of rotatable bonds is 2. The number of carbonyl (C=O) groups is 1. The molecule has 116 valence electrons. The van der Waals surface area contributed by atoms with Gasteiger partial charge in [-0.15, -0.1) is 0 Å². The third-order valence-electron chi connectivity index (χ3n) is 3.22. The first-order valence-electron chi connectivity index (χ1n) is 6.93. The quantitative estimate of drug-likeness (QED) is 0.617. The van der Waals surface area contributed by atoms with Crippen LogP contribution in [0.1, 0.15) is 39.7 Å². The van der Waals surface area contributed by atoms with Gasteiger partial charge in [0.15, 0.2) is 0 Å². The zero-order valence-corrected chi connectivity index (χ0v) is 12.5. The zero-order chi connectivity index (χ0) is 15.6. The molecule has 2 rings (SSSR count). The van der Waals surface area contributed by atoms with Crippen LogP contribution in [0.25, 0.3) is 0 Å². The number of amides is 1. The fourth-order valence-electron chi connectivity index (χ4n) is 2.28. The Morgan fingerprint density at radius 3 is 2.81 bits per heavy atom. The standard InChI is InChI=1S/C13H20N4O4/c1-13(2,3)21-12(18)15-6-4-5-10(8-15)16-9-11(7-14-16)17(19)20/h7,9-10H,4-6,8H2,1-3H3. The van der Waals surface area contributed by atoms with Gasteiger partial charge in [-0.1, -0.05) is 0 Å². The maximum Gasteiger partial charge on any atom is 0.410 e. The van der Waals surface area contributed by atoms with Crippen LogP contribution in [0, 0.1) is 10.1 Å². The van der Waals surface area contributed by atoms with Gasteiger partial charge in [0.05, 0.1) is 11.0 Å². The van der Waals surface area contributed by atoms with Gasteiger partial charge in [-0.05, 0) is 33.6 Å². The molecular weight excluding hydrogens is 276 g/mol. The molecule has 0 bridgehead atoms. The number of likely N-dealkylation sites (tertiary alicyclic amines) is 1. The minimum absolute atomic E-state index is 0.0376. The van der Waals surface area contributed by atoms with Gasteiger partial charge < -0.3 is 9.64 Å². The van der Waals surface area contributed by atoms with Gasteiger partial charge in [-0.25, -0.2) is 4.79 Å². The van der Waals surface area contributed by atoms with E-state index in [0.717, 1.165) is 12.8 Å². The SMILES string of the molecule is CC(C)(C)OC(=O)N1CCCC(n2cc([N+](=O)[O-])cn2)C1. The van der Waals surface area contributed by atoms with Crippen molar-refractivity contribution in [3.63, 3.8) is 0 Å².